The molecular formula is C15H26N2O. The number of hydrogen-bond donors (Lipinski definition) is 2. The first-order chi connectivity index (χ1) is 8.54. The standard InChI is InChI=1S/C15H26N2O/c1-5-6-9-18-12(4)17-13-7-8-15(16)14(10-13)11(2)3/h7-8,10-12,17H,5-6,9,16H2,1-4H3. The Morgan fingerprint density at radius 2 is 2.00 bits per heavy atom. The normalized spacial score (nSPS) is 12.7. The Kier molecular flexibility index (Phi) is 5.99. The maximum absolute atomic E-state index is 5.96. The van der Waals surface area contributed by atoms with Crippen LogP contribution in [0.3, 0.4) is 0 Å². The van der Waals surface area contributed by atoms with Crippen molar-refractivity contribution in [3.63, 3.8) is 0 Å². The van der Waals surface area contributed by atoms with Crippen LogP contribution in [0.2, 0.25) is 0 Å². The van der Waals surface area contributed by atoms with Crippen LogP contribution in [0.5, 0.6) is 0 Å². The van der Waals surface area contributed by atoms with Gasteiger partial charge in [-0.25, -0.2) is 0 Å². The van der Waals surface area contributed by atoms with Gasteiger partial charge in [0.15, 0.2) is 0 Å². The lowest BCUT2D eigenvalue weighted by Crippen LogP contribution is -2.19. The van der Waals surface area contributed by atoms with Crippen molar-refractivity contribution in [3.8, 4) is 0 Å². The largest absolute Gasteiger partial charge is 0.398 e. The number of nitrogens with two attached hydrogens (primary N) is 1. The first kappa shape index (κ1) is 14.8. The van der Waals surface area contributed by atoms with E-state index in [-0.39, 0.29) is 6.23 Å². The zero-order chi connectivity index (χ0) is 13.5. The van der Waals surface area contributed by atoms with Gasteiger partial charge in [-0.15, -0.1) is 0 Å². The Bertz CT molecular complexity index is 364. The molecule has 3 heteroatoms. The summed E-state index contributed by atoms with van der Waals surface area (Å²) in [5, 5.41) is 3.35. The van der Waals surface area contributed by atoms with Crippen molar-refractivity contribution < 1.29 is 4.74 Å². The summed E-state index contributed by atoms with van der Waals surface area (Å²) in [5.41, 5.74) is 9.06. The van der Waals surface area contributed by atoms with Crippen molar-refractivity contribution in [2.75, 3.05) is 17.7 Å². The van der Waals surface area contributed by atoms with E-state index in [1.54, 1.807) is 0 Å². The van der Waals surface area contributed by atoms with Gasteiger partial charge in [-0.05, 0) is 43.0 Å². The molecule has 0 saturated heterocycles. The van der Waals surface area contributed by atoms with Gasteiger partial charge in [0.25, 0.3) is 0 Å². The minimum absolute atomic E-state index is 0.0280. The van der Waals surface area contributed by atoms with Crippen LogP contribution in [0.1, 0.15) is 52.0 Å². The van der Waals surface area contributed by atoms with Crippen molar-refractivity contribution >= 4 is 11.4 Å². The van der Waals surface area contributed by atoms with E-state index < -0.39 is 0 Å². The fraction of sp³-hybridized carbons (Fsp3) is 0.600. The summed E-state index contributed by atoms with van der Waals surface area (Å²) in [6, 6.07) is 6.07. The van der Waals surface area contributed by atoms with E-state index in [9.17, 15) is 0 Å². The molecule has 18 heavy (non-hydrogen) atoms. The Balaban J connectivity index is 2.59. The van der Waals surface area contributed by atoms with Crippen LogP contribution in [0.4, 0.5) is 11.4 Å². The molecule has 0 aromatic heterocycles. The van der Waals surface area contributed by atoms with Crippen LogP contribution >= 0.6 is 0 Å². The monoisotopic (exact) mass is 250 g/mol. The Hall–Kier alpha value is -1.22. The lowest BCUT2D eigenvalue weighted by molar-refractivity contribution is 0.0825. The minimum atomic E-state index is 0.0280. The fourth-order valence-corrected chi connectivity index (χ4v) is 1.85. The molecule has 0 saturated carbocycles. The van der Waals surface area contributed by atoms with Gasteiger partial charge in [-0.2, -0.15) is 0 Å². The van der Waals surface area contributed by atoms with Gasteiger partial charge in [0.2, 0.25) is 0 Å². The second-order valence-corrected chi connectivity index (χ2v) is 5.01. The van der Waals surface area contributed by atoms with Gasteiger partial charge in [0, 0.05) is 18.0 Å². The Labute approximate surface area is 111 Å². The molecule has 1 rings (SSSR count). The van der Waals surface area contributed by atoms with Crippen LogP contribution in [0, 0.1) is 0 Å². The van der Waals surface area contributed by atoms with E-state index in [0.717, 1.165) is 30.8 Å². The molecule has 3 nitrogen and oxygen atoms in total. The predicted molar refractivity (Wildman–Crippen MR) is 78.9 cm³/mol. The molecule has 0 radical (unpaired) electrons. The molecule has 1 aromatic carbocycles. The molecular weight excluding hydrogens is 224 g/mol. The summed E-state index contributed by atoms with van der Waals surface area (Å²) in [6.45, 7) is 9.29. The molecule has 0 bridgehead atoms. The molecule has 0 aliphatic carbocycles. The molecule has 0 amide bonds. The molecule has 0 heterocycles. The smallest absolute Gasteiger partial charge is 0.124 e. The average Bonchev–Trinajstić information content (AvgIpc) is 2.31. The topological polar surface area (TPSA) is 47.3 Å². The third-order valence-corrected chi connectivity index (χ3v) is 2.94. The highest BCUT2D eigenvalue weighted by molar-refractivity contribution is 5.58. The van der Waals surface area contributed by atoms with Crippen molar-refractivity contribution in [2.45, 2.75) is 52.7 Å². The maximum atomic E-state index is 5.96. The summed E-state index contributed by atoms with van der Waals surface area (Å²) in [5.74, 6) is 0.433. The lowest BCUT2D eigenvalue weighted by atomic mass is 10.0. The lowest BCUT2D eigenvalue weighted by Gasteiger charge is -2.18. The average molecular weight is 250 g/mol. The second kappa shape index (κ2) is 7.27. The van der Waals surface area contributed by atoms with Crippen LogP contribution in [0.25, 0.3) is 0 Å². The van der Waals surface area contributed by atoms with Crippen LogP contribution in [-0.2, 0) is 4.74 Å². The number of rotatable bonds is 7. The number of anilines is 2. The molecule has 1 atom stereocenters. The first-order valence-electron chi connectivity index (χ1n) is 6.82. The maximum Gasteiger partial charge on any atom is 0.124 e. The van der Waals surface area contributed by atoms with Crippen molar-refractivity contribution in [1.29, 1.82) is 0 Å². The summed E-state index contributed by atoms with van der Waals surface area (Å²) < 4.78 is 5.67. The minimum Gasteiger partial charge on any atom is -0.398 e. The van der Waals surface area contributed by atoms with E-state index in [1.165, 1.54) is 5.56 Å². The highest BCUT2D eigenvalue weighted by Crippen LogP contribution is 2.25. The van der Waals surface area contributed by atoms with E-state index in [0.29, 0.717) is 5.92 Å². The number of benzene rings is 1. The van der Waals surface area contributed by atoms with E-state index in [2.05, 4.69) is 32.2 Å². The SMILES string of the molecule is CCCCOC(C)Nc1ccc(N)c(C(C)C)c1. The molecule has 1 unspecified atom stereocenters. The van der Waals surface area contributed by atoms with E-state index in [4.69, 9.17) is 10.5 Å². The zero-order valence-corrected chi connectivity index (χ0v) is 12.0. The van der Waals surface area contributed by atoms with Crippen LogP contribution < -0.4 is 11.1 Å². The van der Waals surface area contributed by atoms with Gasteiger partial charge in [-0.1, -0.05) is 27.2 Å². The van der Waals surface area contributed by atoms with Gasteiger partial charge in [-0.3, -0.25) is 0 Å². The first-order valence-corrected chi connectivity index (χ1v) is 6.82. The quantitative estimate of drug-likeness (QED) is 0.437. The third kappa shape index (κ3) is 4.57. The predicted octanol–water partition coefficient (Wildman–Crippen LogP) is 3.97. The third-order valence-electron chi connectivity index (χ3n) is 2.94. The summed E-state index contributed by atoms with van der Waals surface area (Å²) >= 11 is 0. The Morgan fingerprint density at radius 3 is 2.61 bits per heavy atom. The molecule has 1 aromatic rings. The summed E-state index contributed by atoms with van der Waals surface area (Å²) in [7, 11) is 0. The molecule has 3 N–H and O–H groups in total. The highest BCUT2D eigenvalue weighted by Gasteiger charge is 2.07. The molecule has 0 aliphatic heterocycles. The van der Waals surface area contributed by atoms with Crippen LogP contribution in [-0.4, -0.2) is 12.8 Å². The Morgan fingerprint density at radius 1 is 1.28 bits per heavy atom. The second-order valence-electron chi connectivity index (χ2n) is 5.01. The molecule has 0 fully saturated rings. The van der Waals surface area contributed by atoms with Gasteiger partial charge >= 0.3 is 0 Å². The van der Waals surface area contributed by atoms with E-state index >= 15 is 0 Å². The van der Waals surface area contributed by atoms with Crippen molar-refractivity contribution in [2.24, 2.45) is 0 Å². The number of unbranched alkanes of at least 4 members (excludes halogenated alkanes) is 1. The number of hydrogen-bond acceptors (Lipinski definition) is 3. The molecule has 0 aliphatic rings. The van der Waals surface area contributed by atoms with Crippen molar-refractivity contribution in [3.05, 3.63) is 23.8 Å². The molecule has 102 valence electrons. The summed E-state index contributed by atoms with van der Waals surface area (Å²) in [4.78, 5) is 0. The van der Waals surface area contributed by atoms with Gasteiger partial charge in [0.05, 0.1) is 0 Å². The van der Waals surface area contributed by atoms with Gasteiger partial charge in [0.1, 0.15) is 6.23 Å². The van der Waals surface area contributed by atoms with Gasteiger partial charge < -0.3 is 15.8 Å². The summed E-state index contributed by atoms with van der Waals surface area (Å²) in [6.07, 6.45) is 2.29. The fourth-order valence-electron chi connectivity index (χ4n) is 1.85. The van der Waals surface area contributed by atoms with Crippen LogP contribution in [0.15, 0.2) is 18.2 Å². The number of nitrogen functional groups attached to an aromatic ring is 1. The van der Waals surface area contributed by atoms with E-state index in [1.807, 2.05) is 19.1 Å². The zero-order valence-electron chi connectivity index (χ0n) is 12.0. The molecule has 0 spiro atoms. The highest BCUT2D eigenvalue weighted by atomic mass is 16.5. The van der Waals surface area contributed by atoms with Crippen molar-refractivity contribution in [1.82, 2.24) is 0 Å². The number of nitrogens with one attached hydrogen (secondary N) is 1. The number of ether oxygens (including phenoxy) is 1.